The van der Waals surface area contributed by atoms with E-state index in [0.717, 1.165) is 38.5 Å². The van der Waals surface area contributed by atoms with Crippen LogP contribution in [0.3, 0.4) is 0 Å². The van der Waals surface area contributed by atoms with E-state index in [0.29, 0.717) is 0 Å². The van der Waals surface area contributed by atoms with Crippen molar-refractivity contribution >= 4 is 5.91 Å². The van der Waals surface area contributed by atoms with E-state index in [4.69, 9.17) is 0 Å². The zero-order valence-corrected chi connectivity index (χ0v) is 10.5. The molecule has 16 heavy (non-hydrogen) atoms. The van der Waals surface area contributed by atoms with Crippen molar-refractivity contribution in [2.75, 3.05) is 26.2 Å². The average molecular weight is 227 g/mol. The molecule has 0 saturated carbocycles. The SMILES string of the molecule is CC(C)CCCCNC(=O)C1CNCCN1. The van der Waals surface area contributed by atoms with E-state index in [-0.39, 0.29) is 11.9 Å². The van der Waals surface area contributed by atoms with E-state index in [1.165, 1.54) is 12.8 Å². The Morgan fingerprint density at radius 2 is 2.19 bits per heavy atom. The zero-order chi connectivity index (χ0) is 11.8. The molecule has 1 rings (SSSR count). The first-order chi connectivity index (χ1) is 7.70. The fourth-order valence-corrected chi connectivity index (χ4v) is 1.85. The van der Waals surface area contributed by atoms with Gasteiger partial charge in [-0.05, 0) is 12.3 Å². The van der Waals surface area contributed by atoms with Gasteiger partial charge in [0, 0.05) is 26.2 Å². The van der Waals surface area contributed by atoms with Crippen LogP contribution in [0.15, 0.2) is 0 Å². The third kappa shape index (κ3) is 5.47. The van der Waals surface area contributed by atoms with Gasteiger partial charge in [0.05, 0.1) is 6.04 Å². The molecular weight excluding hydrogens is 202 g/mol. The molecule has 0 bridgehead atoms. The molecule has 94 valence electrons. The van der Waals surface area contributed by atoms with Gasteiger partial charge in [0.2, 0.25) is 5.91 Å². The number of carbonyl (C=O) groups is 1. The summed E-state index contributed by atoms with van der Waals surface area (Å²) in [5.41, 5.74) is 0. The molecule has 1 amide bonds. The maximum atomic E-state index is 11.7. The summed E-state index contributed by atoms with van der Waals surface area (Å²) in [5, 5.41) is 9.40. The van der Waals surface area contributed by atoms with Crippen LogP contribution in [0.4, 0.5) is 0 Å². The topological polar surface area (TPSA) is 53.2 Å². The summed E-state index contributed by atoms with van der Waals surface area (Å²) in [6.07, 6.45) is 3.54. The van der Waals surface area contributed by atoms with E-state index >= 15 is 0 Å². The third-order valence-electron chi connectivity index (χ3n) is 2.86. The molecule has 4 heteroatoms. The van der Waals surface area contributed by atoms with Crippen molar-refractivity contribution in [2.45, 2.75) is 39.2 Å². The summed E-state index contributed by atoms with van der Waals surface area (Å²) in [6.45, 7) is 7.86. The average Bonchev–Trinajstić information content (AvgIpc) is 2.29. The molecule has 0 aromatic heterocycles. The van der Waals surface area contributed by atoms with Crippen LogP contribution >= 0.6 is 0 Å². The van der Waals surface area contributed by atoms with Crippen molar-refractivity contribution in [2.24, 2.45) is 5.92 Å². The standard InChI is InChI=1S/C12H25N3O/c1-10(2)5-3-4-6-15-12(16)11-9-13-7-8-14-11/h10-11,13-14H,3-9H2,1-2H3,(H,15,16). The molecule has 4 nitrogen and oxygen atoms in total. The molecule has 1 aliphatic heterocycles. The lowest BCUT2D eigenvalue weighted by Gasteiger charge is -2.23. The minimum absolute atomic E-state index is 0.0427. The van der Waals surface area contributed by atoms with Gasteiger partial charge in [0.15, 0.2) is 0 Å². The summed E-state index contributed by atoms with van der Waals surface area (Å²) in [5.74, 6) is 0.900. The summed E-state index contributed by atoms with van der Waals surface area (Å²) >= 11 is 0. The molecule has 0 spiro atoms. The van der Waals surface area contributed by atoms with Crippen LogP contribution < -0.4 is 16.0 Å². The largest absolute Gasteiger partial charge is 0.355 e. The Morgan fingerprint density at radius 1 is 1.38 bits per heavy atom. The summed E-state index contributed by atoms with van der Waals surface area (Å²) in [7, 11) is 0. The first kappa shape index (κ1) is 13.5. The lowest BCUT2D eigenvalue weighted by atomic mass is 10.1. The smallest absolute Gasteiger partial charge is 0.238 e. The van der Waals surface area contributed by atoms with Crippen LogP contribution in [0.5, 0.6) is 0 Å². The molecule has 1 heterocycles. The van der Waals surface area contributed by atoms with Crippen LogP contribution in [0.2, 0.25) is 0 Å². The highest BCUT2D eigenvalue weighted by atomic mass is 16.2. The summed E-state index contributed by atoms with van der Waals surface area (Å²) < 4.78 is 0. The molecule has 1 fully saturated rings. The van der Waals surface area contributed by atoms with Gasteiger partial charge in [-0.15, -0.1) is 0 Å². The number of hydrogen-bond donors (Lipinski definition) is 3. The number of carbonyl (C=O) groups excluding carboxylic acids is 1. The zero-order valence-electron chi connectivity index (χ0n) is 10.5. The Kier molecular flexibility index (Phi) is 6.42. The Morgan fingerprint density at radius 3 is 2.81 bits per heavy atom. The Bertz CT molecular complexity index is 200. The fourth-order valence-electron chi connectivity index (χ4n) is 1.85. The van der Waals surface area contributed by atoms with Gasteiger partial charge in [-0.1, -0.05) is 26.7 Å². The van der Waals surface area contributed by atoms with E-state index < -0.39 is 0 Å². The Balaban J connectivity index is 2.01. The molecule has 0 aromatic carbocycles. The second-order valence-electron chi connectivity index (χ2n) is 4.89. The van der Waals surface area contributed by atoms with Gasteiger partial charge < -0.3 is 16.0 Å². The van der Waals surface area contributed by atoms with E-state index in [1.54, 1.807) is 0 Å². The van der Waals surface area contributed by atoms with Crippen molar-refractivity contribution in [3.05, 3.63) is 0 Å². The Hall–Kier alpha value is -0.610. The normalized spacial score (nSPS) is 21.1. The molecule has 0 aromatic rings. The van der Waals surface area contributed by atoms with Gasteiger partial charge in [-0.25, -0.2) is 0 Å². The highest BCUT2D eigenvalue weighted by Crippen LogP contribution is 2.05. The second kappa shape index (κ2) is 7.63. The summed E-state index contributed by atoms with van der Waals surface area (Å²) in [4.78, 5) is 11.7. The van der Waals surface area contributed by atoms with Gasteiger partial charge in [0.25, 0.3) is 0 Å². The van der Waals surface area contributed by atoms with Crippen LogP contribution in [-0.2, 0) is 4.79 Å². The third-order valence-corrected chi connectivity index (χ3v) is 2.86. The van der Waals surface area contributed by atoms with Gasteiger partial charge in [0.1, 0.15) is 0 Å². The molecular formula is C12H25N3O. The maximum Gasteiger partial charge on any atom is 0.238 e. The lowest BCUT2D eigenvalue weighted by Crippen LogP contribution is -2.55. The minimum Gasteiger partial charge on any atom is -0.355 e. The van der Waals surface area contributed by atoms with Gasteiger partial charge in [-0.2, -0.15) is 0 Å². The lowest BCUT2D eigenvalue weighted by molar-refractivity contribution is -0.123. The molecule has 0 aliphatic carbocycles. The number of piperazine rings is 1. The molecule has 1 saturated heterocycles. The predicted molar refractivity (Wildman–Crippen MR) is 66.4 cm³/mol. The van der Waals surface area contributed by atoms with Crippen molar-refractivity contribution in [3.8, 4) is 0 Å². The van der Waals surface area contributed by atoms with Crippen LogP contribution in [0.25, 0.3) is 0 Å². The second-order valence-corrected chi connectivity index (χ2v) is 4.89. The maximum absolute atomic E-state index is 11.7. The highest BCUT2D eigenvalue weighted by molar-refractivity contribution is 5.82. The fraction of sp³-hybridized carbons (Fsp3) is 0.917. The molecule has 0 radical (unpaired) electrons. The van der Waals surface area contributed by atoms with Crippen molar-refractivity contribution in [3.63, 3.8) is 0 Å². The van der Waals surface area contributed by atoms with Gasteiger partial charge in [-0.3, -0.25) is 4.79 Å². The van der Waals surface area contributed by atoms with Crippen LogP contribution in [0.1, 0.15) is 33.1 Å². The number of hydrogen-bond acceptors (Lipinski definition) is 3. The van der Waals surface area contributed by atoms with E-state index in [9.17, 15) is 4.79 Å². The molecule has 1 atom stereocenters. The monoisotopic (exact) mass is 227 g/mol. The number of unbranched alkanes of at least 4 members (excludes halogenated alkanes) is 1. The van der Waals surface area contributed by atoms with Crippen molar-refractivity contribution in [1.29, 1.82) is 0 Å². The Labute approximate surface area is 98.6 Å². The van der Waals surface area contributed by atoms with Gasteiger partial charge >= 0.3 is 0 Å². The van der Waals surface area contributed by atoms with Crippen LogP contribution in [-0.4, -0.2) is 38.1 Å². The van der Waals surface area contributed by atoms with Crippen LogP contribution in [0, 0.1) is 5.92 Å². The quantitative estimate of drug-likeness (QED) is 0.579. The number of nitrogens with one attached hydrogen (secondary N) is 3. The van der Waals surface area contributed by atoms with E-state index in [2.05, 4.69) is 29.8 Å². The van der Waals surface area contributed by atoms with Crippen molar-refractivity contribution < 1.29 is 4.79 Å². The van der Waals surface area contributed by atoms with Crippen molar-refractivity contribution in [1.82, 2.24) is 16.0 Å². The molecule has 1 aliphatic rings. The molecule has 1 unspecified atom stereocenters. The highest BCUT2D eigenvalue weighted by Gasteiger charge is 2.19. The predicted octanol–water partition coefficient (Wildman–Crippen LogP) is 0.490. The summed E-state index contributed by atoms with van der Waals surface area (Å²) in [6, 6.07) is -0.0427. The first-order valence-corrected chi connectivity index (χ1v) is 6.42. The number of rotatable bonds is 6. The first-order valence-electron chi connectivity index (χ1n) is 6.42. The molecule has 3 N–H and O–H groups in total. The minimum atomic E-state index is -0.0427. The van der Waals surface area contributed by atoms with E-state index in [1.807, 2.05) is 0 Å². The number of amides is 1.